The van der Waals surface area contributed by atoms with E-state index < -0.39 is 0 Å². The summed E-state index contributed by atoms with van der Waals surface area (Å²) < 4.78 is 0. The second-order valence-corrected chi connectivity index (χ2v) is 6.10. The number of carbonyl (C=O) groups excluding carboxylic acids is 2. The molecule has 0 bridgehead atoms. The smallest absolute Gasteiger partial charge is 0.237 e. The number of primary amides is 1. The lowest BCUT2D eigenvalue weighted by molar-refractivity contribution is -0.125. The minimum Gasteiger partial charge on any atom is -0.369 e. The van der Waals surface area contributed by atoms with E-state index in [9.17, 15) is 9.59 Å². The first kappa shape index (κ1) is 14.3. The molecule has 4 N–H and O–H groups in total. The molecule has 0 aromatic carbocycles. The average molecular weight is 267 g/mol. The van der Waals surface area contributed by atoms with E-state index in [1.54, 1.807) is 0 Å². The molecule has 0 spiro atoms. The van der Waals surface area contributed by atoms with Crippen molar-refractivity contribution in [3.8, 4) is 0 Å². The highest BCUT2D eigenvalue weighted by atomic mass is 16.2. The van der Waals surface area contributed by atoms with Gasteiger partial charge < -0.3 is 16.4 Å². The summed E-state index contributed by atoms with van der Waals surface area (Å²) in [5.74, 6) is 0.533. The first-order valence-electron chi connectivity index (χ1n) is 7.39. The maximum atomic E-state index is 12.2. The SMILES string of the molecule is CC1CCNC(C(=O)NC2CCC(C(N)=O)CC2)C1. The summed E-state index contributed by atoms with van der Waals surface area (Å²) in [7, 11) is 0. The summed E-state index contributed by atoms with van der Waals surface area (Å²) >= 11 is 0. The fraction of sp³-hybridized carbons (Fsp3) is 0.857. The largest absolute Gasteiger partial charge is 0.369 e. The van der Waals surface area contributed by atoms with E-state index >= 15 is 0 Å². The number of piperidine rings is 1. The lowest BCUT2D eigenvalue weighted by Gasteiger charge is -2.31. The van der Waals surface area contributed by atoms with Crippen LogP contribution in [0.4, 0.5) is 0 Å². The molecule has 0 aromatic heterocycles. The molecule has 1 saturated heterocycles. The Labute approximate surface area is 114 Å². The topological polar surface area (TPSA) is 84.2 Å². The number of hydrogen-bond donors (Lipinski definition) is 3. The lowest BCUT2D eigenvalue weighted by Crippen LogP contribution is -2.51. The van der Waals surface area contributed by atoms with E-state index in [2.05, 4.69) is 17.6 Å². The molecule has 5 nitrogen and oxygen atoms in total. The van der Waals surface area contributed by atoms with Crippen molar-refractivity contribution in [1.82, 2.24) is 10.6 Å². The minimum absolute atomic E-state index is 0.000907. The summed E-state index contributed by atoms with van der Waals surface area (Å²) in [4.78, 5) is 23.3. The number of rotatable bonds is 3. The molecule has 1 aliphatic carbocycles. The summed E-state index contributed by atoms with van der Waals surface area (Å²) in [6.07, 6.45) is 5.39. The summed E-state index contributed by atoms with van der Waals surface area (Å²) in [6.45, 7) is 3.12. The summed E-state index contributed by atoms with van der Waals surface area (Å²) in [5, 5.41) is 6.39. The Morgan fingerprint density at radius 1 is 1.16 bits per heavy atom. The molecule has 5 heteroatoms. The molecule has 1 saturated carbocycles. The van der Waals surface area contributed by atoms with Crippen LogP contribution in [0.3, 0.4) is 0 Å². The van der Waals surface area contributed by atoms with Crippen LogP contribution < -0.4 is 16.4 Å². The number of nitrogens with two attached hydrogens (primary N) is 1. The molecule has 2 rings (SSSR count). The first-order chi connectivity index (χ1) is 9.06. The fourth-order valence-corrected chi connectivity index (χ4v) is 3.13. The van der Waals surface area contributed by atoms with Gasteiger partial charge in [-0.25, -0.2) is 0 Å². The van der Waals surface area contributed by atoms with Crippen LogP contribution in [0, 0.1) is 11.8 Å². The van der Waals surface area contributed by atoms with Crippen molar-refractivity contribution >= 4 is 11.8 Å². The van der Waals surface area contributed by atoms with Gasteiger partial charge in [0.2, 0.25) is 11.8 Å². The zero-order chi connectivity index (χ0) is 13.8. The van der Waals surface area contributed by atoms with E-state index in [1.165, 1.54) is 0 Å². The molecule has 0 radical (unpaired) electrons. The van der Waals surface area contributed by atoms with E-state index in [1.807, 2.05) is 0 Å². The normalized spacial score (nSPS) is 35.6. The Kier molecular flexibility index (Phi) is 4.80. The Bertz CT molecular complexity index is 338. The zero-order valence-electron chi connectivity index (χ0n) is 11.7. The Balaban J connectivity index is 1.75. The molecule has 19 heavy (non-hydrogen) atoms. The monoisotopic (exact) mass is 267 g/mol. The third kappa shape index (κ3) is 3.93. The van der Waals surface area contributed by atoms with Crippen molar-refractivity contribution in [3.63, 3.8) is 0 Å². The predicted octanol–water partition coefficient (Wildman–Crippen LogP) is 0.535. The number of hydrogen-bond acceptors (Lipinski definition) is 3. The van der Waals surface area contributed by atoms with Gasteiger partial charge in [-0.05, 0) is 51.0 Å². The zero-order valence-corrected chi connectivity index (χ0v) is 11.7. The van der Waals surface area contributed by atoms with Crippen molar-refractivity contribution < 1.29 is 9.59 Å². The predicted molar refractivity (Wildman–Crippen MR) is 73.3 cm³/mol. The van der Waals surface area contributed by atoms with Crippen LogP contribution in [0.1, 0.15) is 45.4 Å². The Morgan fingerprint density at radius 3 is 2.42 bits per heavy atom. The van der Waals surface area contributed by atoms with Gasteiger partial charge in [0, 0.05) is 12.0 Å². The highest BCUT2D eigenvalue weighted by molar-refractivity contribution is 5.82. The Morgan fingerprint density at radius 2 is 1.84 bits per heavy atom. The van der Waals surface area contributed by atoms with Crippen LogP contribution >= 0.6 is 0 Å². The third-order valence-corrected chi connectivity index (χ3v) is 4.46. The molecular weight excluding hydrogens is 242 g/mol. The third-order valence-electron chi connectivity index (χ3n) is 4.46. The van der Waals surface area contributed by atoms with Crippen LogP contribution in [0.2, 0.25) is 0 Å². The molecule has 2 unspecified atom stereocenters. The van der Waals surface area contributed by atoms with Gasteiger partial charge in [-0.2, -0.15) is 0 Å². The fourth-order valence-electron chi connectivity index (χ4n) is 3.13. The van der Waals surface area contributed by atoms with Gasteiger partial charge in [0.25, 0.3) is 0 Å². The summed E-state index contributed by atoms with van der Waals surface area (Å²) in [6, 6.07) is 0.166. The van der Waals surface area contributed by atoms with Crippen molar-refractivity contribution in [2.24, 2.45) is 17.6 Å². The average Bonchev–Trinajstić information content (AvgIpc) is 2.39. The first-order valence-corrected chi connectivity index (χ1v) is 7.39. The second kappa shape index (κ2) is 6.37. The molecule has 2 aliphatic rings. The standard InChI is InChI=1S/C14H25N3O2/c1-9-6-7-16-12(8-9)14(19)17-11-4-2-10(3-5-11)13(15)18/h9-12,16H,2-8H2,1H3,(H2,15,18)(H,17,19). The number of carbonyl (C=O) groups is 2. The molecule has 2 amide bonds. The highest BCUT2D eigenvalue weighted by Gasteiger charge is 2.29. The van der Waals surface area contributed by atoms with E-state index in [4.69, 9.17) is 5.73 Å². The lowest BCUT2D eigenvalue weighted by atomic mass is 9.85. The molecular formula is C14H25N3O2. The van der Waals surface area contributed by atoms with E-state index in [0.717, 1.165) is 45.1 Å². The molecule has 2 atom stereocenters. The van der Waals surface area contributed by atoms with Crippen molar-refractivity contribution in [2.45, 2.75) is 57.5 Å². The van der Waals surface area contributed by atoms with Gasteiger partial charge in [0.1, 0.15) is 0 Å². The van der Waals surface area contributed by atoms with Crippen molar-refractivity contribution in [1.29, 1.82) is 0 Å². The quantitative estimate of drug-likeness (QED) is 0.697. The van der Waals surface area contributed by atoms with Crippen LogP contribution in [0.5, 0.6) is 0 Å². The summed E-state index contributed by atoms with van der Waals surface area (Å²) in [5.41, 5.74) is 5.31. The molecule has 2 fully saturated rings. The minimum atomic E-state index is -0.201. The maximum absolute atomic E-state index is 12.2. The van der Waals surface area contributed by atoms with Gasteiger partial charge in [-0.1, -0.05) is 6.92 Å². The van der Waals surface area contributed by atoms with Crippen LogP contribution in [-0.2, 0) is 9.59 Å². The highest BCUT2D eigenvalue weighted by Crippen LogP contribution is 2.24. The van der Waals surface area contributed by atoms with Gasteiger partial charge >= 0.3 is 0 Å². The van der Waals surface area contributed by atoms with Crippen molar-refractivity contribution in [3.05, 3.63) is 0 Å². The van der Waals surface area contributed by atoms with Crippen molar-refractivity contribution in [2.75, 3.05) is 6.54 Å². The van der Waals surface area contributed by atoms with Gasteiger partial charge in [-0.3, -0.25) is 9.59 Å². The number of amides is 2. The number of nitrogens with one attached hydrogen (secondary N) is 2. The van der Waals surface area contributed by atoms with E-state index in [0.29, 0.717) is 5.92 Å². The molecule has 1 aliphatic heterocycles. The Hall–Kier alpha value is -1.10. The van der Waals surface area contributed by atoms with Crippen LogP contribution in [-0.4, -0.2) is 30.4 Å². The second-order valence-electron chi connectivity index (χ2n) is 6.10. The molecule has 0 aromatic rings. The van der Waals surface area contributed by atoms with Crippen LogP contribution in [0.25, 0.3) is 0 Å². The molecule has 108 valence electrons. The van der Waals surface area contributed by atoms with Gasteiger partial charge in [0.05, 0.1) is 6.04 Å². The van der Waals surface area contributed by atoms with E-state index in [-0.39, 0.29) is 29.8 Å². The maximum Gasteiger partial charge on any atom is 0.237 e. The van der Waals surface area contributed by atoms with Gasteiger partial charge in [-0.15, -0.1) is 0 Å². The van der Waals surface area contributed by atoms with Gasteiger partial charge in [0.15, 0.2) is 0 Å². The van der Waals surface area contributed by atoms with Crippen LogP contribution in [0.15, 0.2) is 0 Å². The molecule has 1 heterocycles.